The summed E-state index contributed by atoms with van der Waals surface area (Å²) in [5.41, 5.74) is 1.45. The van der Waals surface area contributed by atoms with Crippen molar-refractivity contribution in [3.8, 4) is 5.75 Å². The van der Waals surface area contributed by atoms with Gasteiger partial charge in [-0.15, -0.1) is 0 Å². The molecule has 0 atom stereocenters. The molecule has 1 aromatic heterocycles. The van der Waals surface area contributed by atoms with Crippen molar-refractivity contribution in [1.29, 1.82) is 0 Å². The maximum Gasteiger partial charge on any atom is 0.418 e. The quantitative estimate of drug-likeness (QED) is 0.734. The first-order valence-electron chi connectivity index (χ1n) is 8.40. The highest BCUT2D eigenvalue weighted by Crippen LogP contribution is 2.23. The van der Waals surface area contributed by atoms with Crippen molar-refractivity contribution in [2.75, 3.05) is 0 Å². The molecule has 6 heteroatoms. The van der Waals surface area contributed by atoms with E-state index >= 15 is 0 Å². The molecule has 1 radical (unpaired) electrons. The number of hydrogen-bond acceptors (Lipinski definition) is 4. The Kier molecular flexibility index (Phi) is 5.05. The summed E-state index contributed by atoms with van der Waals surface area (Å²) >= 11 is 0. The molecule has 0 amide bonds. The van der Waals surface area contributed by atoms with Gasteiger partial charge in [-0.2, -0.15) is 0 Å². The van der Waals surface area contributed by atoms with E-state index in [1.54, 1.807) is 39.0 Å². The zero-order valence-corrected chi connectivity index (χ0v) is 15.1. The van der Waals surface area contributed by atoms with Gasteiger partial charge in [0.25, 0.3) is 0 Å². The number of benzene rings is 2. The Morgan fingerprint density at radius 2 is 1.85 bits per heavy atom. The zero-order chi connectivity index (χ0) is 18.7. The van der Waals surface area contributed by atoms with E-state index in [1.165, 1.54) is 4.57 Å². The van der Waals surface area contributed by atoms with Gasteiger partial charge < -0.3 is 14.5 Å². The van der Waals surface area contributed by atoms with Gasteiger partial charge in [0, 0.05) is 11.0 Å². The van der Waals surface area contributed by atoms with Crippen LogP contribution >= 0.6 is 0 Å². The molecule has 1 N–H and O–H groups in total. The van der Waals surface area contributed by atoms with Crippen LogP contribution in [0, 0.1) is 0 Å². The van der Waals surface area contributed by atoms with E-state index in [0.29, 0.717) is 23.5 Å². The second-order valence-electron chi connectivity index (χ2n) is 7.01. The van der Waals surface area contributed by atoms with Crippen LogP contribution in [0.15, 0.2) is 54.6 Å². The summed E-state index contributed by atoms with van der Waals surface area (Å²) in [5.74, 6) is 0.687. The molecule has 0 fully saturated rings. The van der Waals surface area contributed by atoms with Gasteiger partial charge in [0.15, 0.2) is 0 Å². The summed E-state index contributed by atoms with van der Waals surface area (Å²) < 4.78 is 12.6. The van der Waals surface area contributed by atoms with E-state index in [9.17, 15) is 9.82 Å². The molecule has 3 rings (SSSR count). The molecule has 0 aliphatic heterocycles. The predicted molar refractivity (Wildman–Crippen MR) is 102 cm³/mol. The van der Waals surface area contributed by atoms with E-state index in [2.05, 4.69) is 0 Å². The van der Waals surface area contributed by atoms with Crippen molar-refractivity contribution in [1.82, 2.24) is 4.57 Å². The minimum Gasteiger partial charge on any atom is -0.489 e. The van der Waals surface area contributed by atoms with Crippen LogP contribution in [-0.2, 0) is 11.3 Å². The van der Waals surface area contributed by atoms with Gasteiger partial charge in [0.1, 0.15) is 18.0 Å². The second kappa shape index (κ2) is 7.26. The van der Waals surface area contributed by atoms with Crippen molar-refractivity contribution in [2.45, 2.75) is 33.0 Å². The Morgan fingerprint density at radius 1 is 1.12 bits per heavy atom. The second-order valence-corrected chi connectivity index (χ2v) is 7.01. The molecule has 0 unspecified atom stereocenters. The number of carbonyl (C=O) groups is 1. The Balaban J connectivity index is 1.87. The average Bonchev–Trinajstić information content (AvgIpc) is 2.97. The van der Waals surface area contributed by atoms with Crippen molar-refractivity contribution < 1.29 is 19.3 Å². The summed E-state index contributed by atoms with van der Waals surface area (Å²) in [7, 11) is 0.897. The van der Waals surface area contributed by atoms with Crippen LogP contribution in [0.3, 0.4) is 0 Å². The predicted octanol–water partition coefficient (Wildman–Crippen LogP) is 3.24. The highest BCUT2D eigenvalue weighted by Gasteiger charge is 2.22. The number of carbonyl (C=O) groups excluding carboxylic acids is 1. The van der Waals surface area contributed by atoms with E-state index in [0.717, 1.165) is 18.4 Å². The van der Waals surface area contributed by atoms with Crippen molar-refractivity contribution >= 4 is 30.1 Å². The van der Waals surface area contributed by atoms with Gasteiger partial charge in [-0.3, -0.25) is 4.57 Å². The molecule has 0 aliphatic carbocycles. The van der Waals surface area contributed by atoms with Crippen LogP contribution in [0.2, 0.25) is 0 Å². The van der Waals surface area contributed by atoms with Gasteiger partial charge in [-0.25, -0.2) is 4.79 Å². The lowest BCUT2D eigenvalue weighted by Crippen LogP contribution is -2.34. The van der Waals surface area contributed by atoms with Crippen molar-refractivity contribution in [3.05, 3.63) is 60.2 Å². The van der Waals surface area contributed by atoms with E-state index in [4.69, 9.17) is 9.47 Å². The van der Waals surface area contributed by atoms with Crippen LogP contribution in [0.5, 0.6) is 5.75 Å². The normalized spacial score (nSPS) is 11.4. The van der Waals surface area contributed by atoms with Gasteiger partial charge in [0.2, 0.25) is 0 Å². The summed E-state index contributed by atoms with van der Waals surface area (Å²) in [6.07, 6.45) is -0.536. The molecule has 2 aromatic carbocycles. The van der Waals surface area contributed by atoms with Gasteiger partial charge in [-0.1, -0.05) is 30.3 Å². The SMILES string of the molecule is CC(C)(C)OC(=O)n1c([B]O)cc2cc(OCc3ccccc3)ccc21. The van der Waals surface area contributed by atoms with Crippen molar-refractivity contribution in [3.63, 3.8) is 0 Å². The lowest BCUT2D eigenvalue weighted by atomic mass is 9.96. The molecular formula is C20H21BNO4. The number of nitrogens with zero attached hydrogens (tertiary/aromatic N) is 1. The zero-order valence-electron chi connectivity index (χ0n) is 15.1. The smallest absolute Gasteiger partial charge is 0.418 e. The molecule has 0 aliphatic rings. The highest BCUT2D eigenvalue weighted by atomic mass is 16.6. The first kappa shape index (κ1) is 18.1. The lowest BCUT2D eigenvalue weighted by Gasteiger charge is -2.20. The molecule has 5 nitrogen and oxygen atoms in total. The number of ether oxygens (including phenoxy) is 2. The van der Waals surface area contributed by atoms with Crippen LogP contribution in [-0.4, -0.2) is 28.8 Å². The summed E-state index contributed by atoms with van der Waals surface area (Å²) in [6.45, 7) is 5.86. The topological polar surface area (TPSA) is 60.7 Å². The molecule has 26 heavy (non-hydrogen) atoms. The molecule has 0 saturated carbocycles. The number of fused-ring (bicyclic) bond motifs is 1. The monoisotopic (exact) mass is 350 g/mol. The Bertz CT molecular complexity index is 913. The fourth-order valence-corrected chi connectivity index (χ4v) is 2.65. The van der Waals surface area contributed by atoms with Crippen LogP contribution in [0.25, 0.3) is 10.9 Å². The maximum atomic E-state index is 12.5. The fourth-order valence-electron chi connectivity index (χ4n) is 2.65. The van der Waals surface area contributed by atoms with Gasteiger partial charge in [-0.05, 0) is 50.6 Å². The summed E-state index contributed by atoms with van der Waals surface area (Å²) in [5, 5.41) is 10.3. The molecular weight excluding hydrogens is 329 g/mol. The van der Waals surface area contributed by atoms with Crippen molar-refractivity contribution in [2.24, 2.45) is 0 Å². The third kappa shape index (κ3) is 4.08. The van der Waals surface area contributed by atoms with Crippen LogP contribution in [0.1, 0.15) is 26.3 Å². The summed E-state index contributed by atoms with van der Waals surface area (Å²) in [4.78, 5) is 12.5. The van der Waals surface area contributed by atoms with E-state index in [-0.39, 0.29) is 0 Å². The average molecular weight is 350 g/mol. The Morgan fingerprint density at radius 3 is 2.50 bits per heavy atom. The third-order valence-electron chi connectivity index (χ3n) is 3.76. The number of hydrogen-bond donors (Lipinski definition) is 1. The van der Waals surface area contributed by atoms with Gasteiger partial charge >= 0.3 is 13.6 Å². The lowest BCUT2D eigenvalue weighted by molar-refractivity contribution is 0.0549. The molecule has 0 bridgehead atoms. The van der Waals surface area contributed by atoms with Crippen LogP contribution in [0.4, 0.5) is 4.79 Å². The Labute approximate surface area is 153 Å². The maximum absolute atomic E-state index is 12.5. The molecule has 0 saturated heterocycles. The van der Waals surface area contributed by atoms with E-state index in [1.807, 2.05) is 36.4 Å². The fraction of sp³-hybridized carbons (Fsp3) is 0.250. The van der Waals surface area contributed by atoms with E-state index < -0.39 is 11.7 Å². The largest absolute Gasteiger partial charge is 0.489 e. The third-order valence-corrected chi connectivity index (χ3v) is 3.76. The minimum atomic E-state index is -0.626. The van der Waals surface area contributed by atoms with Crippen LogP contribution < -0.4 is 10.3 Å². The van der Waals surface area contributed by atoms with Gasteiger partial charge in [0.05, 0.1) is 5.52 Å². The first-order chi connectivity index (χ1) is 12.4. The summed E-state index contributed by atoms with van der Waals surface area (Å²) in [6, 6.07) is 17.0. The number of rotatable bonds is 4. The molecule has 0 spiro atoms. The standard InChI is InChI=1S/C20H21BNO4/c1-20(2,3)26-19(23)22-17-10-9-16(11-15(17)12-18(22)21-24)25-13-14-7-5-4-6-8-14/h4-12,24H,13H2,1-3H3. The molecule has 133 valence electrons. The minimum absolute atomic E-state index is 0.356. The first-order valence-corrected chi connectivity index (χ1v) is 8.40. The molecule has 3 aromatic rings. The Hall–Kier alpha value is -2.73. The molecule has 1 heterocycles. The highest BCUT2D eigenvalue weighted by molar-refractivity contribution is 6.46. The number of aromatic nitrogens is 1.